The minimum atomic E-state index is -0.481. The molecule has 0 aliphatic heterocycles. The molecule has 0 aromatic heterocycles. The van der Waals surface area contributed by atoms with Crippen molar-refractivity contribution in [3.05, 3.63) is 35.1 Å². The summed E-state index contributed by atoms with van der Waals surface area (Å²) in [5.74, 6) is 0.543. The summed E-state index contributed by atoms with van der Waals surface area (Å²) in [4.78, 5) is 12.0. The monoisotopic (exact) mass is 282 g/mol. The Labute approximate surface area is 117 Å². The van der Waals surface area contributed by atoms with Gasteiger partial charge in [0.05, 0.1) is 12.1 Å². The molecule has 0 saturated carbocycles. The summed E-state index contributed by atoms with van der Waals surface area (Å²) in [5.41, 5.74) is 7.45. The van der Waals surface area contributed by atoms with Crippen LogP contribution in [-0.2, 0) is 11.2 Å². The number of fused-ring (bicyclic) bond motifs is 1. The van der Waals surface area contributed by atoms with Gasteiger partial charge in [0.2, 0.25) is 5.91 Å². The van der Waals surface area contributed by atoms with E-state index in [9.17, 15) is 9.18 Å². The number of benzene rings is 1. The summed E-state index contributed by atoms with van der Waals surface area (Å²) < 4.78 is 13.6. The Morgan fingerprint density at radius 1 is 1.63 bits per heavy atom. The van der Waals surface area contributed by atoms with E-state index in [4.69, 9.17) is 5.73 Å². The first kappa shape index (κ1) is 14.3. The van der Waals surface area contributed by atoms with E-state index in [-0.39, 0.29) is 17.8 Å². The number of hydrogen-bond acceptors (Lipinski definition) is 3. The summed E-state index contributed by atoms with van der Waals surface area (Å²) in [7, 11) is 0. The van der Waals surface area contributed by atoms with Crippen LogP contribution in [0, 0.1) is 5.82 Å². The van der Waals surface area contributed by atoms with Gasteiger partial charge in [0.1, 0.15) is 5.82 Å². The molecule has 3 N–H and O–H groups in total. The lowest BCUT2D eigenvalue weighted by atomic mass is 10.1. The third-order valence-corrected chi connectivity index (χ3v) is 4.14. The van der Waals surface area contributed by atoms with Crippen LogP contribution in [-0.4, -0.2) is 24.0 Å². The first-order valence-corrected chi connectivity index (χ1v) is 7.85. The average Bonchev–Trinajstić information content (AvgIpc) is 2.80. The number of carbonyl (C=O) groups excluding carboxylic acids is 1. The maximum atomic E-state index is 13.6. The molecule has 2 unspecified atom stereocenters. The van der Waals surface area contributed by atoms with Crippen LogP contribution in [0.25, 0.3) is 0 Å². The molecule has 0 radical (unpaired) electrons. The van der Waals surface area contributed by atoms with Crippen molar-refractivity contribution in [2.45, 2.75) is 31.3 Å². The molecule has 0 bridgehead atoms. The Morgan fingerprint density at radius 2 is 2.42 bits per heavy atom. The zero-order valence-electron chi connectivity index (χ0n) is 11.0. The highest BCUT2D eigenvalue weighted by molar-refractivity contribution is 7.98. The molecule has 2 atom stereocenters. The highest BCUT2D eigenvalue weighted by atomic mass is 32.2. The highest BCUT2D eigenvalue weighted by Crippen LogP contribution is 2.32. The molecule has 2 rings (SSSR count). The van der Waals surface area contributed by atoms with Crippen molar-refractivity contribution in [3.63, 3.8) is 0 Å². The van der Waals surface area contributed by atoms with Crippen molar-refractivity contribution in [2.75, 3.05) is 12.0 Å². The lowest BCUT2D eigenvalue weighted by Gasteiger charge is -2.17. The van der Waals surface area contributed by atoms with Crippen molar-refractivity contribution < 1.29 is 9.18 Å². The first-order valence-electron chi connectivity index (χ1n) is 6.45. The van der Waals surface area contributed by atoms with Gasteiger partial charge in [0, 0.05) is 0 Å². The number of thioether (sulfide) groups is 1. The number of nitrogens with two attached hydrogens (primary N) is 1. The van der Waals surface area contributed by atoms with E-state index in [2.05, 4.69) is 5.32 Å². The molecule has 19 heavy (non-hydrogen) atoms. The number of nitrogens with one attached hydrogen (secondary N) is 1. The second-order valence-corrected chi connectivity index (χ2v) is 5.78. The van der Waals surface area contributed by atoms with Gasteiger partial charge in [0.15, 0.2) is 0 Å². The number of halogens is 1. The van der Waals surface area contributed by atoms with Gasteiger partial charge in [-0.05, 0) is 48.5 Å². The van der Waals surface area contributed by atoms with E-state index >= 15 is 0 Å². The van der Waals surface area contributed by atoms with Gasteiger partial charge >= 0.3 is 0 Å². The molecule has 1 amide bonds. The Bertz CT molecular complexity index is 467. The molecule has 1 aliphatic rings. The van der Waals surface area contributed by atoms with E-state index < -0.39 is 6.04 Å². The van der Waals surface area contributed by atoms with Crippen LogP contribution in [0.4, 0.5) is 4.39 Å². The SMILES string of the molecule is CSCCC(N)C(=O)NC1CCc2c(F)cccc21. The van der Waals surface area contributed by atoms with Crippen molar-refractivity contribution in [3.8, 4) is 0 Å². The van der Waals surface area contributed by atoms with E-state index in [1.165, 1.54) is 6.07 Å². The Morgan fingerprint density at radius 3 is 3.16 bits per heavy atom. The van der Waals surface area contributed by atoms with E-state index in [1.807, 2.05) is 12.3 Å². The fraction of sp³-hybridized carbons (Fsp3) is 0.500. The first-order chi connectivity index (χ1) is 9.13. The number of amides is 1. The molecule has 0 fully saturated rings. The van der Waals surface area contributed by atoms with Crippen LogP contribution in [0.1, 0.15) is 30.0 Å². The van der Waals surface area contributed by atoms with Gasteiger partial charge in [-0.2, -0.15) is 11.8 Å². The van der Waals surface area contributed by atoms with Gasteiger partial charge in [0.25, 0.3) is 0 Å². The third kappa shape index (κ3) is 3.28. The number of rotatable bonds is 5. The van der Waals surface area contributed by atoms with Gasteiger partial charge in [-0.25, -0.2) is 4.39 Å². The summed E-state index contributed by atoms with van der Waals surface area (Å²) in [6.07, 6.45) is 4.07. The van der Waals surface area contributed by atoms with Crippen molar-refractivity contribution in [1.29, 1.82) is 0 Å². The molecule has 1 aromatic rings. The summed E-state index contributed by atoms with van der Waals surface area (Å²) in [5, 5.41) is 2.93. The van der Waals surface area contributed by atoms with Crippen LogP contribution in [0.2, 0.25) is 0 Å². The van der Waals surface area contributed by atoms with Crippen LogP contribution in [0.5, 0.6) is 0 Å². The molecule has 104 valence electrons. The zero-order valence-corrected chi connectivity index (χ0v) is 11.8. The molecule has 0 spiro atoms. The normalized spacial score (nSPS) is 19.0. The van der Waals surface area contributed by atoms with E-state index in [0.717, 1.165) is 23.3 Å². The van der Waals surface area contributed by atoms with E-state index in [0.29, 0.717) is 12.8 Å². The van der Waals surface area contributed by atoms with Crippen LogP contribution < -0.4 is 11.1 Å². The van der Waals surface area contributed by atoms with Crippen molar-refractivity contribution >= 4 is 17.7 Å². The summed E-state index contributed by atoms with van der Waals surface area (Å²) in [6, 6.07) is 4.45. The standard InChI is InChI=1S/C14H19FN2OS/c1-19-8-7-12(16)14(18)17-13-6-5-9-10(13)3-2-4-11(9)15/h2-4,12-13H,5-8,16H2,1H3,(H,17,18). The van der Waals surface area contributed by atoms with Gasteiger partial charge < -0.3 is 11.1 Å². The number of hydrogen-bond donors (Lipinski definition) is 2. The van der Waals surface area contributed by atoms with Crippen molar-refractivity contribution in [2.24, 2.45) is 5.73 Å². The fourth-order valence-electron chi connectivity index (χ4n) is 2.41. The van der Waals surface area contributed by atoms with Crippen molar-refractivity contribution in [1.82, 2.24) is 5.32 Å². The topological polar surface area (TPSA) is 55.1 Å². The minimum Gasteiger partial charge on any atom is -0.348 e. The molecular weight excluding hydrogens is 263 g/mol. The van der Waals surface area contributed by atoms with Crippen LogP contribution in [0.15, 0.2) is 18.2 Å². The van der Waals surface area contributed by atoms with Crippen LogP contribution in [0.3, 0.4) is 0 Å². The Balaban J connectivity index is 1.99. The molecule has 0 heterocycles. The maximum absolute atomic E-state index is 13.6. The quantitative estimate of drug-likeness (QED) is 0.868. The Hall–Kier alpha value is -1.07. The highest BCUT2D eigenvalue weighted by Gasteiger charge is 2.27. The predicted molar refractivity (Wildman–Crippen MR) is 76.6 cm³/mol. The molecule has 1 aromatic carbocycles. The zero-order chi connectivity index (χ0) is 13.8. The average molecular weight is 282 g/mol. The molecule has 1 aliphatic carbocycles. The van der Waals surface area contributed by atoms with Gasteiger partial charge in [-0.3, -0.25) is 4.79 Å². The summed E-state index contributed by atoms with van der Waals surface area (Å²) >= 11 is 1.67. The molecule has 0 saturated heterocycles. The van der Waals surface area contributed by atoms with Crippen LogP contribution >= 0.6 is 11.8 Å². The van der Waals surface area contributed by atoms with Gasteiger partial charge in [-0.15, -0.1) is 0 Å². The second kappa shape index (κ2) is 6.39. The Kier molecular flexibility index (Phi) is 4.82. The lowest BCUT2D eigenvalue weighted by molar-refractivity contribution is -0.123. The fourth-order valence-corrected chi connectivity index (χ4v) is 2.90. The predicted octanol–water partition coefficient (Wildman–Crippen LogP) is 2.01. The van der Waals surface area contributed by atoms with Gasteiger partial charge in [-0.1, -0.05) is 12.1 Å². The third-order valence-electron chi connectivity index (χ3n) is 3.50. The largest absolute Gasteiger partial charge is 0.348 e. The lowest BCUT2D eigenvalue weighted by Crippen LogP contribution is -2.42. The minimum absolute atomic E-state index is 0.0986. The number of carbonyl (C=O) groups is 1. The molecular formula is C14H19FN2OS. The molecule has 3 nitrogen and oxygen atoms in total. The maximum Gasteiger partial charge on any atom is 0.237 e. The smallest absolute Gasteiger partial charge is 0.237 e. The van der Waals surface area contributed by atoms with E-state index in [1.54, 1.807) is 17.8 Å². The summed E-state index contributed by atoms with van der Waals surface area (Å²) in [6.45, 7) is 0. The molecule has 5 heteroatoms. The second-order valence-electron chi connectivity index (χ2n) is 4.80.